The summed E-state index contributed by atoms with van der Waals surface area (Å²) >= 11 is 1.47. The fourth-order valence-corrected chi connectivity index (χ4v) is 3.65. The summed E-state index contributed by atoms with van der Waals surface area (Å²) in [4.78, 5) is 5.25. The Bertz CT molecular complexity index is 1110. The molecule has 0 aliphatic rings. The molecular formula is C22H23N3O4S. The highest BCUT2D eigenvalue weighted by Crippen LogP contribution is 2.36. The zero-order valence-corrected chi connectivity index (χ0v) is 17.8. The lowest BCUT2D eigenvalue weighted by molar-refractivity contribution is 0.340. The molecule has 7 nitrogen and oxygen atoms in total. The Kier molecular flexibility index (Phi) is 6.92. The largest absolute Gasteiger partial charge is 0.502 e. The Hall–Kier alpha value is -3.52. The van der Waals surface area contributed by atoms with Gasteiger partial charge in [-0.3, -0.25) is 4.99 Å². The molecule has 0 amide bonds. The fraction of sp³-hybridized carbons (Fsp3) is 0.182. The number of phenols is 1. The molecule has 0 aliphatic heterocycles. The van der Waals surface area contributed by atoms with Gasteiger partial charge in [-0.05, 0) is 24.3 Å². The summed E-state index contributed by atoms with van der Waals surface area (Å²) in [5.41, 5.74) is 2.43. The topological polar surface area (TPSA) is 77.6 Å². The number of hydrogen-bond acceptors (Lipinski definition) is 7. The van der Waals surface area contributed by atoms with Crippen LogP contribution in [0.3, 0.4) is 0 Å². The maximum Gasteiger partial charge on any atom is 0.206 e. The van der Waals surface area contributed by atoms with Crippen LogP contribution in [-0.4, -0.2) is 43.9 Å². The minimum atomic E-state index is -0.0586. The van der Waals surface area contributed by atoms with Gasteiger partial charge in [-0.1, -0.05) is 18.2 Å². The van der Waals surface area contributed by atoms with E-state index in [-0.39, 0.29) is 5.75 Å². The second-order valence-electron chi connectivity index (χ2n) is 6.06. The zero-order valence-electron chi connectivity index (χ0n) is 17.0. The number of methoxy groups -OCH3 is 3. The molecule has 0 spiro atoms. The SMILES string of the molecule is C=CCN=c1scc(-c2ccccc2OC)n1N=Cc1cc(OC)c(O)c(OC)c1. The summed E-state index contributed by atoms with van der Waals surface area (Å²) in [5.74, 6) is 1.28. The first-order valence-corrected chi connectivity index (χ1v) is 9.95. The first-order valence-electron chi connectivity index (χ1n) is 9.07. The number of aromatic hydroxyl groups is 1. The van der Waals surface area contributed by atoms with Crippen molar-refractivity contribution < 1.29 is 19.3 Å². The van der Waals surface area contributed by atoms with E-state index in [1.165, 1.54) is 25.6 Å². The van der Waals surface area contributed by atoms with Crippen LogP contribution in [0.4, 0.5) is 0 Å². The van der Waals surface area contributed by atoms with Crippen molar-refractivity contribution in [1.82, 2.24) is 4.68 Å². The molecule has 1 N–H and O–H groups in total. The molecular weight excluding hydrogens is 402 g/mol. The van der Waals surface area contributed by atoms with Crippen LogP contribution < -0.4 is 19.0 Å². The molecule has 3 rings (SSSR count). The van der Waals surface area contributed by atoms with Crippen LogP contribution in [0.25, 0.3) is 11.3 Å². The van der Waals surface area contributed by atoms with Crippen molar-refractivity contribution >= 4 is 17.6 Å². The van der Waals surface area contributed by atoms with Gasteiger partial charge < -0.3 is 19.3 Å². The molecule has 3 aromatic rings. The molecule has 0 saturated heterocycles. The van der Waals surface area contributed by atoms with Crippen LogP contribution in [0.1, 0.15) is 5.56 Å². The number of benzene rings is 2. The van der Waals surface area contributed by atoms with Gasteiger partial charge in [-0.15, -0.1) is 17.9 Å². The van der Waals surface area contributed by atoms with Crippen molar-refractivity contribution in [2.75, 3.05) is 27.9 Å². The molecule has 156 valence electrons. The van der Waals surface area contributed by atoms with Crippen LogP contribution in [0.2, 0.25) is 0 Å². The molecule has 0 unspecified atom stereocenters. The number of nitrogens with zero attached hydrogens (tertiary/aromatic N) is 3. The Morgan fingerprint density at radius 3 is 2.37 bits per heavy atom. The number of rotatable bonds is 8. The van der Waals surface area contributed by atoms with Crippen molar-refractivity contribution in [1.29, 1.82) is 0 Å². The van der Waals surface area contributed by atoms with Gasteiger partial charge in [-0.25, -0.2) is 4.68 Å². The van der Waals surface area contributed by atoms with E-state index < -0.39 is 0 Å². The summed E-state index contributed by atoms with van der Waals surface area (Å²) < 4.78 is 17.7. The third-order valence-electron chi connectivity index (χ3n) is 4.25. The van der Waals surface area contributed by atoms with Gasteiger partial charge in [0.25, 0.3) is 0 Å². The van der Waals surface area contributed by atoms with Crippen molar-refractivity contribution in [3.63, 3.8) is 0 Å². The molecule has 30 heavy (non-hydrogen) atoms. The van der Waals surface area contributed by atoms with Gasteiger partial charge in [0.05, 0.1) is 39.8 Å². The third-order valence-corrected chi connectivity index (χ3v) is 5.10. The normalized spacial score (nSPS) is 11.6. The van der Waals surface area contributed by atoms with E-state index in [1.54, 1.807) is 36.2 Å². The monoisotopic (exact) mass is 425 g/mol. The molecule has 1 aromatic heterocycles. The molecule has 8 heteroatoms. The van der Waals surface area contributed by atoms with Gasteiger partial charge in [0, 0.05) is 16.5 Å². The molecule has 1 heterocycles. The summed E-state index contributed by atoms with van der Waals surface area (Å²) in [6.07, 6.45) is 3.38. The van der Waals surface area contributed by atoms with Gasteiger partial charge in [0.15, 0.2) is 11.5 Å². The maximum atomic E-state index is 10.1. The van der Waals surface area contributed by atoms with E-state index in [0.717, 1.165) is 17.0 Å². The van der Waals surface area contributed by atoms with E-state index in [0.29, 0.717) is 28.4 Å². The van der Waals surface area contributed by atoms with Crippen molar-refractivity contribution in [3.8, 4) is 34.3 Å². The second kappa shape index (κ2) is 9.80. The van der Waals surface area contributed by atoms with Crippen molar-refractivity contribution in [2.45, 2.75) is 0 Å². The number of thiazole rings is 1. The van der Waals surface area contributed by atoms with E-state index in [4.69, 9.17) is 14.2 Å². The minimum absolute atomic E-state index is 0.0586. The number of hydrogen-bond donors (Lipinski definition) is 1. The highest BCUT2D eigenvalue weighted by Gasteiger charge is 2.13. The van der Waals surface area contributed by atoms with Gasteiger partial charge >= 0.3 is 0 Å². The van der Waals surface area contributed by atoms with Crippen LogP contribution in [-0.2, 0) is 0 Å². The first kappa shape index (κ1) is 21.2. The lowest BCUT2D eigenvalue weighted by Crippen LogP contribution is -2.12. The zero-order chi connectivity index (χ0) is 21.5. The predicted molar refractivity (Wildman–Crippen MR) is 119 cm³/mol. The molecule has 0 saturated carbocycles. The van der Waals surface area contributed by atoms with Crippen molar-refractivity contribution in [3.05, 3.63) is 64.8 Å². The maximum absolute atomic E-state index is 10.1. The van der Waals surface area contributed by atoms with Crippen LogP contribution >= 0.6 is 11.3 Å². The lowest BCUT2D eigenvalue weighted by atomic mass is 10.1. The van der Waals surface area contributed by atoms with E-state index in [2.05, 4.69) is 16.7 Å². The Morgan fingerprint density at radius 2 is 1.73 bits per heavy atom. The number of aromatic nitrogens is 1. The molecule has 0 radical (unpaired) electrons. The molecule has 2 aromatic carbocycles. The Labute approximate surface area is 178 Å². The predicted octanol–water partition coefficient (Wildman–Crippen LogP) is 3.92. The smallest absolute Gasteiger partial charge is 0.206 e. The minimum Gasteiger partial charge on any atom is -0.502 e. The molecule has 0 fully saturated rings. The quantitative estimate of drug-likeness (QED) is 0.438. The standard InChI is InChI=1S/C22H23N3O4S/c1-5-10-23-22-25(17(14-30-22)16-8-6-7-9-18(16)27-2)24-13-15-11-19(28-3)21(26)20(12-15)29-4/h5-9,11-14,26H,1,10H2,2-4H3. The van der Waals surface area contributed by atoms with Gasteiger partial charge in [-0.2, -0.15) is 5.10 Å². The molecule has 0 atom stereocenters. The van der Waals surface area contributed by atoms with Gasteiger partial charge in [0.2, 0.25) is 10.6 Å². The summed E-state index contributed by atoms with van der Waals surface area (Å²) in [7, 11) is 4.60. The van der Waals surface area contributed by atoms with E-state index in [9.17, 15) is 5.11 Å². The van der Waals surface area contributed by atoms with E-state index in [1.807, 2.05) is 29.6 Å². The number of para-hydroxylation sites is 1. The molecule has 0 aliphatic carbocycles. The lowest BCUT2D eigenvalue weighted by Gasteiger charge is -2.10. The Morgan fingerprint density at radius 1 is 1.07 bits per heavy atom. The third kappa shape index (κ3) is 4.38. The molecule has 0 bridgehead atoms. The average Bonchev–Trinajstić information content (AvgIpc) is 3.19. The summed E-state index contributed by atoms with van der Waals surface area (Å²) in [6, 6.07) is 11.1. The number of phenolic OH excluding ortho intramolecular Hbond substituents is 1. The van der Waals surface area contributed by atoms with E-state index >= 15 is 0 Å². The van der Waals surface area contributed by atoms with Crippen LogP contribution in [0.15, 0.2) is 64.5 Å². The fourth-order valence-electron chi connectivity index (χ4n) is 2.82. The average molecular weight is 426 g/mol. The second-order valence-corrected chi connectivity index (χ2v) is 6.90. The number of ether oxygens (including phenoxy) is 3. The van der Waals surface area contributed by atoms with Crippen LogP contribution in [0.5, 0.6) is 23.0 Å². The van der Waals surface area contributed by atoms with Gasteiger partial charge in [0.1, 0.15) is 5.75 Å². The van der Waals surface area contributed by atoms with Crippen LogP contribution in [0, 0.1) is 0 Å². The Balaban J connectivity index is 2.13. The first-order chi connectivity index (χ1) is 14.6. The summed E-state index contributed by atoms with van der Waals surface area (Å²) in [6.45, 7) is 4.20. The highest BCUT2D eigenvalue weighted by atomic mass is 32.1. The van der Waals surface area contributed by atoms with Crippen molar-refractivity contribution in [2.24, 2.45) is 10.1 Å². The highest BCUT2D eigenvalue weighted by molar-refractivity contribution is 7.07. The summed E-state index contributed by atoms with van der Waals surface area (Å²) in [5, 5.41) is 16.7.